The van der Waals surface area contributed by atoms with Gasteiger partial charge in [-0.05, 0) is 47.9 Å². The number of sulfonamides is 1. The summed E-state index contributed by atoms with van der Waals surface area (Å²) >= 11 is 0. The van der Waals surface area contributed by atoms with Crippen molar-refractivity contribution in [1.29, 1.82) is 0 Å². The van der Waals surface area contributed by atoms with Gasteiger partial charge in [0.1, 0.15) is 28.5 Å². The van der Waals surface area contributed by atoms with E-state index in [1.807, 2.05) is 19.1 Å². The average molecular weight is 561 g/mol. The van der Waals surface area contributed by atoms with Crippen LogP contribution in [0.2, 0.25) is 0 Å². The number of anilines is 1. The summed E-state index contributed by atoms with van der Waals surface area (Å²) in [5.74, 6) is 1.36. The number of fused-ring (bicyclic) bond motifs is 1. The van der Waals surface area contributed by atoms with E-state index in [1.165, 1.54) is 24.9 Å². The van der Waals surface area contributed by atoms with Crippen molar-refractivity contribution in [3.8, 4) is 28.4 Å². The van der Waals surface area contributed by atoms with Gasteiger partial charge in [0.15, 0.2) is 11.4 Å². The molecule has 0 aliphatic carbocycles. The molecule has 2 aromatic heterocycles. The molecule has 5 rings (SSSR count). The molecule has 5 aromatic rings. The van der Waals surface area contributed by atoms with Crippen molar-refractivity contribution in [2.24, 2.45) is 0 Å². The molecular weight excluding hydrogens is 532 g/mol. The van der Waals surface area contributed by atoms with Crippen LogP contribution in [-0.2, 0) is 23.0 Å². The molecule has 0 unspecified atom stereocenters. The van der Waals surface area contributed by atoms with Gasteiger partial charge in [-0.25, -0.2) is 22.7 Å². The molecule has 0 radical (unpaired) electrons. The lowest BCUT2D eigenvalue weighted by atomic mass is 10.0. The second-order valence-electron chi connectivity index (χ2n) is 8.84. The number of ether oxygens (including phenoxy) is 3. The minimum Gasteiger partial charge on any atom is -0.497 e. The number of hydrogen-bond donors (Lipinski definition) is 0. The fourth-order valence-corrected chi connectivity index (χ4v) is 6.10. The van der Waals surface area contributed by atoms with Gasteiger partial charge in [0.25, 0.3) is 10.0 Å². The zero-order valence-corrected chi connectivity index (χ0v) is 23.3. The molecule has 0 amide bonds. The van der Waals surface area contributed by atoms with Crippen LogP contribution >= 0.6 is 0 Å². The van der Waals surface area contributed by atoms with Gasteiger partial charge in [0.2, 0.25) is 0 Å². The Bertz CT molecular complexity index is 1760. The largest absolute Gasteiger partial charge is 0.497 e. The van der Waals surface area contributed by atoms with E-state index >= 15 is 0 Å². The summed E-state index contributed by atoms with van der Waals surface area (Å²) in [6.45, 7) is 1.84. The van der Waals surface area contributed by atoms with E-state index in [4.69, 9.17) is 18.7 Å². The van der Waals surface area contributed by atoms with Crippen LogP contribution in [-0.4, -0.2) is 44.9 Å². The molecule has 2 heterocycles. The number of hydrogen-bond acceptors (Lipinski definition) is 9. The van der Waals surface area contributed by atoms with Gasteiger partial charge in [0, 0.05) is 29.6 Å². The fourth-order valence-electron chi connectivity index (χ4n) is 4.50. The van der Waals surface area contributed by atoms with Crippen molar-refractivity contribution in [3.05, 3.63) is 84.4 Å². The summed E-state index contributed by atoms with van der Waals surface area (Å²) in [5, 5.41) is 4.78. The number of aromatic nitrogens is 3. The predicted octanol–water partition coefficient (Wildman–Crippen LogP) is 5.27. The number of benzene rings is 3. The molecule has 0 saturated heterocycles. The average Bonchev–Trinajstić information content (AvgIpc) is 3.43. The van der Waals surface area contributed by atoms with E-state index < -0.39 is 10.0 Å². The van der Waals surface area contributed by atoms with E-state index in [1.54, 1.807) is 62.0 Å². The first-order valence-electron chi connectivity index (χ1n) is 12.5. The van der Waals surface area contributed by atoms with Crippen molar-refractivity contribution >= 4 is 26.8 Å². The third-order valence-corrected chi connectivity index (χ3v) is 8.36. The first-order chi connectivity index (χ1) is 19.4. The topological polar surface area (TPSA) is 117 Å². The van der Waals surface area contributed by atoms with Crippen LogP contribution in [0.3, 0.4) is 0 Å². The molecule has 0 atom stereocenters. The van der Waals surface area contributed by atoms with Crippen LogP contribution in [0.15, 0.2) is 82.7 Å². The van der Waals surface area contributed by atoms with Crippen LogP contribution in [0.5, 0.6) is 17.2 Å². The standard InChI is InChI=1S/C29H28N4O6S/c1-5-19-9-12-24(37-3)27(13-19)40(34,35)33(17-20-10-11-22(36-2)14-26(20)38-4)29-28-23(21-15-30-18-31-16-21)7-6-8-25(28)39-32-29/h6-16,18H,5,17H2,1-4H3. The minimum absolute atomic E-state index is 0.0125. The molecule has 0 spiro atoms. The highest BCUT2D eigenvalue weighted by molar-refractivity contribution is 7.93. The van der Waals surface area contributed by atoms with Gasteiger partial charge in [-0.3, -0.25) is 0 Å². The molecular formula is C29H28N4O6S. The van der Waals surface area contributed by atoms with Crippen LogP contribution in [0.25, 0.3) is 22.1 Å². The monoisotopic (exact) mass is 560 g/mol. The zero-order valence-electron chi connectivity index (χ0n) is 22.5. The van der Waals surface area contributed by atoms with Gasteiger partial charge in [-0.15, -0.1) is 0 Å². The van der Waals surface area contributed by atoms with Gasteiger partial charge in [-0.1, -0.05) is 30.3 Å². The second-order valence-corrected chi connectivity index (χ2v) is 10.7. The first kappa shape index (κ1) is 26.9. The summed E-state index contributed by atoms with van der Waals surface area (Å²) < 4.78 is 52.5. The Morgan fingerprint density at radius 1 is 0.900 bits per heavy atom. The van der Waals surface area contributed by atoms with E-state index in [9.17, 15) is 8.42 Å². The second kappa shape index (κ2) is 11.2. The molecule has 10 nitrogen and oxygen atoms in total. The third-order valence-electron chi connectivity index (χ3n) is 6.60. The highest BCUT2D eigenvalue weighted by atomic mass is 32.2. The quantitative estimate of drug-likeness (QED) is 0.225. The van der Waals surface area contributed by atoms with Crippen molar-refractivity contribution in [2.45, 2.75) is 24.8 Å². The SMILES string of the molecule is CCc1ccc(OC)c(S(=O)(=O)N(Cc2ccc(OC)cc2OC)c2noc3cccc(-c4cncnc4)c23)c1. The third kappa shape index (κ3) is 4.91. The number of methoxy groups -OCH3 is 3. The molecule has 0 fully saturated rings. The fraction of sp³-hybridized carbons (Fsp3) is 0.207. The Kier molecular flexibility index (Phi) is 7.56. The molecule has 206 valence electrons. The van der Waals surface area contributed by atoms with Crippen molar-refractivity contribution < 1.29 is 27.2 Å². The Balaban J connectivity index is 1.77. The molecule has 0 aliphatic heterocycles. The highest BCUT2D eigenvalue weighted by Crippen LogP contribution is 2.40. The number of rotatable bonds is 10. The van der Waals surface area contributed by atoms with Crippen LogP contribution < -0.4 is 18.5 Å². The minimum atomic E-state index is -4.26. The molecule has 0 bridgehead atoms. The molecule has 0 aliphatic rings. The van der Waals surface area contributed by atoms with Crippen LogP contribution in [0.4, 0.5) is 5.82 Å². The highest BCUT2D eigenvalue weighted by Gasteiger charge is 2.34. The molecule has 11 heteroatoms. The normalized spacial score (nSPS) is 11.4. The summed E-state index contributed by atoms with van der Waals surface area (Å²) in [7, 11) is 0.247. The summed E-state index contributed by atoms with van der Waals surface area (Å²) in [6, 6.07) is 15.7. The van der Waals surface area contributed by atoms with Crippen molar-refractivity contribution in [2.75, 3.05) is 25.6 Å². The molecule has 0 N–H and O–H groups in total. The molecule has 0 saturated carbocycles. The van der Waals surface area contributed by atoms with E-state index in [0.29, 0.717) is 45.6 Å². The van der Waals surface area contributed by atoms with Crippen LogP contribution in [0.1, 0.15) is 18.1 Å². The van der Waals surface area contributed by atoms with Crippen LogP contribution in [0, 0.1) is 0 Å². The Labute approximate surface area is 232 Å². The first-order valence-corrected chi connectivity index (χ1v) is 13.9. The Morgan fingerprint density at radius 2 is 1.68 bits per heavy atom. The van der Waals surface area contributed by atoms with E-state index in [-0.39, 0.29) is 23.0 Å². The van der Waals surface area contributed by atoms with Gasteiger partial charge < -0.3 is 18.7 Å². The van der Waals surface area contributed by atoms with Gasteiger partial charge in [0.05, 0.1) is 33.3 Å². The predicted molar refractivity (Wildman–Crippen MR) is 150 cm³/mol. The van der Waals surface area contributed by atoms with E-state index in [2.05, 4.69) is 15.1 Å². The smallest absolute Gasteiger partial charge is 0.269 e. The number of aryl methyl sites for hydroxylation is 1. The lowest BCUT2D eigenvalue weighted by molar-refractivity contribution is 0.391. The summed E-state index contributed by atoms with van der Waals surface area (Å²) in [4.78, 5) is 8.28. The summed E-state index contributed by atoms with van der Waals surface area (Å²) in [5.41, 5.74) is 3.20. The van der Waals surface area contributed by atoms with Gasteiger partial charge >= 0.3 is 0 Å². The number of nitrogens with zero attached hydrogens (tertiary/aromatic N) is 4. The molecule has 3 aromatic carbocycles. The lowest BCUT2D eigenvalue weighted by Crippen LogP contribution is -2.31. The Hall–Kier alpha value is -4.64. The maximum Gasteiger partial charge on any atom is 0.269 e. The van der Waals surface area contributed by atoms with E-state index in [0.717, 1.165) is 5.56 Å². The van der Waals surface area contributed by atoms with Gasteiger partial charge in [-0.2, -0.15) is 0 Å². The maximum atomic E-state index is 14.6. The zero-order chi connectivity index (χ0) is 28.3. The molecule has 40 heavy (non-hydrogen) atoms. The maximum absolute atomic E-state index is 14.6. The lowest BCUT2D eigenvalue weighted by Gasteiger charge is -2.25. The van der Waals surface area contributed by atoms with Crippen molar-refractivity contribution in [1.82, 2.24) is 15.1 Å². The van der Waals surface area contributed by atoms with Crippen molar-refractivity contribution in [3.63, 3.8) is 0 Å². The summed E-state index contributed by atoms with van der Waals surface area (Å²) in [6.07, 6.45) is 5.37. The Morgan fingerprint density at radius 3 is 2.38 bits per heavy atom.